The van der Waals surface area contributed by atoms with E-state index in [0.29, 0.717) is 12.0 Å². The van der Waals surface area contributed by atoms with Gasteiger partial charge in [-0.1, -0.05) is 13.8 Å². The lowest BCUT2D eigenvalue weighted by Gasteiger charge is -2.23. The molecule has 4 nitrogen and oxygen atoms in total. The molecule has 0 aromatic carbocycles. The van der Waals surface area contributed by atoms with Crippen molar-refractivity contribution in [1.29, 1.82) is 0 Å². The predicted octanol–water partition coefficient (Wildman–Crippen LogP) is 2.15. The van der Waals surface area contributed by atoms with Gasteiger partial charge in [-0.15, -0.1) is 0 Å². The van der Waals surface area contributed by atoms with Crippen molar-refractivity contribution in [3.63, 3.8) is 0 Å². The van der Waals surface area contributed by atoms with Gasteiger partial charge in [-0.05, 0) is 32.3 Å². The van der Waals surface area contributed by atoms with Gasteiger partial charge in [0.15, 0.2) is 0 Å². The number of rotatable bonds is 6. The van der Waals surface area contributed by atoms with Crippen molar-refractivity contribution in [2.24, 2.45) is 11.7 Å². The SMILES string of the molecule is CCc1cc(CC(N)C2CCOC2CC)n(CC)n1. The van der Waals surface area contributed by atoms with Gasteiger partial charge in [0.2, 0.25) is 0 Å². The van der Waals surface area contributed by atoms with E-state index < -0.39 is 0 Å². The van der Waals surface area contributed by atoms with Crippen molar-refractivity contribution in [2.75, 3.05) is 6.61 Å². The lowest BCUT2D eigenvalue weighted by Crippen LogP contribution is -2.37. The maximum atomic E-state index is 6.43. The number of ether oxygens (including phenoxy) is 1. The molecule has 0 amide bonds. The first-order valence-corrected chi connectivity index (χ1v) is 7.62. The third-order valence-electron chi connectivity index (χ3n) is 4.23. The molecule has 1 saturated heterocycles. The molecule has 1 fully saturated rings. The summed E-state index contributed by atoms with van der Waals surface area (Å²) in [6.45, 7) is 8.24. The Morgan fingerprint density at radius 3 is 2.89 bits per heavy atom. The van der Waals surface area contributed by atoms with Crippen LogP contribution in [-0.2, 0) is 24.1 Å². The van der Waals surface area contributed by atoms with E-state index in [-0.39, 0.29) is 6.04 Å². The van der Waals surface area contributed by atoms with Gasteiger partial charge in [0.05, 0.1) is 11.8 Å². The number of nitrogens with two attached hydrogens (primary N) is 1. The summed E-state index contributed by atoms with van der Waals surface area (Å²) in [6.07, 6.45) is 4.40. The second-order valence-corrected chi connectivity index (χ2v) is 5.43. The van der Waals surface area contributed by atoms with Gasteiger partial charge in [-0.25, -0.2) is 0 Å². The lowest BCUT2D eigenvalue weighted by atomic mass is 9.89. The highest BCUT2D eigenvalue weighted by Crippen LogP contribution is 2.27. The highest BCUT2D eigenvalue weighted by Gasteiger charge is 2.32. The van der Waals surface area contributed by atoms with E-state index in [9.17, 15) is 0 Å². The van der Waals surface area contributed by atoms with Crippen molar-refractivity contribution in [2.45, 2.75) is 65.1 Å². The molecule has 3 atom stereocenters. The first kappa shape index (κ1) is 14.5. The molecule has 3 unspecified atom stereocenters. The molecule has 0 spiro atoms. The van der Waals surface area contributed by atoms with Crippen LogP contribution in [0.15, 0.2) is 6.07 Å². The summed E-state index contributed by atoms with van der Waals surface area (Å²) in [6, 6.07) is 2.39. The topological polar surface area (TPSA) is 53.1 Å². The van der Waals surface area contributed by atoms with Crippen molar-refractivity contribution in [3.8, 4) is 0 Å². The second kappa shape index (κ2) is 6.53. The zero-order valence-electron chi connectivity index (χ0n) is 12.4. The Balaban J connectivity index is 2.05. The Hall–Kier alpha value is -0.870. The summed E-state index contributed by atoms with van der Waals surface area (Å²) in [4.78, 5) is 0. The van der Waals surface area contributed by atoms with Gasteiger partial charge in [-0.2, -0.15) is 5.10 Å². The van der Waals surface area contributed by atoms with E-state index in [4.69, 9.17) is 10.5 Å². The largest absolute Gasteiger partial charge is 0.378 e. The maximum Gasteiger partial charge on any atom is 0.0624 e. The summed E-state index contributed by atoms with van der Waals surface area (Å²) in [7, 11) is 0. The van der Waals surface area contributed by atoms with Crippen molar-refractivity contribution in [3.05, 3.63) is 17.5 Å². The second-order valence-electron chi connectivity index (χ2n) is 5.43. The van der Waals surface area contributed by atoms with Gasteiger partial charge in [-0.3, -0.25) is 4.68 Å². The summed E-state index contributed by atoms with van der Waals surface area (Å²) in [5.74, 6) is 0.496. The van der Waals surface area contributed by atoms with Crippen LogP contribution < -0.4 is 5.73 Å². The van der Waals surface area contributed by atoms with E-state index in [1.807, 2.05) is 0 Å². The average Bonchev–Trinajstić information content (AvgIpc) is 3.04. The van der Waals surface area contributed by atoms with Gasteiger partial charge < -0.3 is 10.5 Å². The van der Waals surface area contributed by atoms with Crippen LogP contribution in [0.1, 0.15) is 45.0 Å². The molecule has 2 rings (SSSR count). The number of hydrogen-bond acceptors (Lipinski definition) is 3. The molecular weight excluding hydrogens is 238 g/mol. The van der Waals surface area contributed by atoms with Crippen LogP contribution in [-0.4, -0.2) is 28.5 Å². The first-order chi connectivity index (χ1) is 9.19. The predicted molar refractivity (Wildman–Crippen MR) is 77.1 cm³/mol. The van der Waals surface area contributed by atoms with Gasteiger partial charge in [0.1, 0.15) is 0 Å². The van der Waals surface area contributed by atoms with Crippen LogP contribution in [0.3, 0.4) is 0 Å². The standard InChI is InChI=1S/C15H27N3O/c1-4-11-9-12(18(6-3)17-11)10-14(16)13-7-8-19-15(13)5-2/h9,13-15H,4-8,10,16H2,1-3H3. The number of aryl methyl sites for hydroxylation is 2. The molecule has 1 aliphatic rings. The quantitative estimate of drug-likeness (QED) is 0.857. The molecule has 0 saturated carbocycles. The molecule has 108 valence electrons. The minimum Gasteiger partial charge on any atom is -0.378 e. The molecule has 2 N–H and O–H groups in total. The van der Waals surface area contributed by atoms with E-state index in [1.165, 1.54) is 11.4 Å². The lowest BCUT2D eigenvalue weighted by molar-refractivity contribution is 0.0812. The van der Waals surface area contributed by atoms with E-state index >= 15 is 0 Å². The number of aromatic nitrogens is 2. The minimum absolute atomic E-state index is 0.180. The van der Waals surface area contributed by atoms with Crippen LogP contribution in [0.4, 0.5) is 0 Å². The Kier molecular flexibility index (Phi) is 4.99. The molecule has 1 aliphatic heterocycles. The molecule has 4 heteroatoms. The Morgan fingerprint density at radius 2 is 2.26 bits per heavy atom. The smallest absolute Gasteiger partial charge is 0.0624 e. The average molecular weight is 265 g/mol. The highest BCUT2D eigenvalue weighted by atomic mass is 16.5. The normalized spacial score (nSPS) is 24.8. The molecule has 0 aliphatic carbocycles. The Labute approximate surface area is 116 Å². The summed E-state index contributed by atoms with van der Waals surface area (Å²) in [5.41, 5.74) is 8.87. The van der Waals surface area contributed by atoms with Gasteiger partial charge in [0.25, 0.3) is 0 Å². The monoisotopic (exact) mass is 265 g/mol. The van der Waals surface area contributed by atoms with Crippen LogP contribution in [0.2, 0.25) is 0 Å². The zero-order valence-corrected chi connectivity index (χ0v) is 12.4. The molecule has 1 aromatic rings. The summed E-state index contributed by atoms with van der Waals surface area (Å²) in [5, 5.41) is 4.60. The van der Waals surface area contributed by atoms with Crippen LogP contribution in [0.5, 0.6) is 0 Å². The zero-order chi connectivity index (χ0) is 13.8. The van der Waals surface area contributed by atoms with Crippen molar-refractivity contribution >= 4 is 0 Å². The fraction of sp³-hybridized carbons (Fsp3) is 0.800. The van der Waals surface area contributed by atoms with E-state index in [2.05, 4.69) is 36.6 Å². The molecule has 0 bridgehead atoms. The van der Waals surface area contributed by atoms with Crippen molar-refractivity contribution in [1.82, 2.24) is 9.78 Å². The van der Waals surface area contributed by atoms with E-state index in [1.54, 1.807) is 0 Å². The van der Waals surface area contributed by atoms with Crippen molar-refractivity contribution < 1.29 is 4.74 Å². The van der Waals surface area contributed by atoms with Crippen LogP contribution in [0, 0.1) is 5.92 Å². The molecule has 19 heavy (non-hydrogen) atoms. The molecule has 1 aromatic heterocycles. The summed E-state index contributed by atoms with van der Waals surface area (Å²) < 4.78 is 7.85. The Bertz CT molecular complexity index is 402. The van der Waals surface area contributed by atoms with Gasteiger partial charge in [0, 0.05) is 37.2 Å². The van der Waals surface area contributed by atoms with Gasteiger partial charge >= 0.3 is 0 Å². The third kappa shape index (κ3) is 3.18. The number of nitrogens with zero attached hydrogens (tertiary/aromatic N) is 2. The van der Waals surface area contributed by atoms with Crippen LogP contribution >= 0.6 is 0 Å². The maximum absolute atomic E-state index is 6.43. The Morgan fingerprint density at radius 1 is 1.47 bits per heavy atom. The minimum atomic E-state index is 0.180. The fourth-order valence-electron chi connectivity index (χ4n) is 3.09. The summed E-state index contributed by atoms with van der Waals surface area (Å²) >= 11 is 0. The molecular formula is C15H27N3O. The number of hydrogen-bond donors (Lipinski definition) is 1. The molecule has 0 radical (unpaired) electrons. The van der Waals surface area contributed by atoms with Crippen LogP contribution in [0.25, 0.3) is 0 Å². The van der Waals surface area contributed by atoms with E-state index in [0.717, 1.165) is 38.8 Å². The third-order valence-corrected chi connectivity index (χ3v) is 4.23. The fourth-order valence-corrected chi connectivity index (χ4v) is 3.09. The molecule has 2 heterocycles. The highest BCUT2D eigenvalue weighted by molar-refractivity contribution is 5.12. The first-order valence-electron chi connectivity index (χ1n) is 7.62.